The van der Waals surface area contributed by atoms with E-state index in [9.17, 15) is 0 Å². The highest BCUT2D eigenvalue weighted by Gasteiger charge is 2.16. The SMILES string of the molecule is CC(N)C(Cc1ccc(CN)cc1)c1ccccc1. The second-order valence-electron chi connectivity index (χ2n) is 5.10. The van der Waals surface area contributed by atoms with Crippen molar-refractivity contribution < 1.29 is 0 Å². The third-order valence-corrected chi connectivity index (χ3v) is 3.58. The fraction of sp³-hybridized carbons (Fsp3) is 0.294. The zero-order valence-corrected chi connectivity index (χ0v) is 11.4. The molecule has 0 bridgehead atoms. The first kappa shape index (κ1) is 13.8. The normalized spacial score (nSPS) is 14.1. The van der Waals surface area contributed by atoms with Gasteiger partial charge in [0.25, 0.3) is 0 Å². The van der Waals surface area contributed by atoms with Crippen LogP contribution in [0.3, 0.4) is 0 Å². The number of benzene rings is 2. The Morgan fingerprint density at radius 2 is 1.47 bits per heavy atom. The summed E-state index contributed by atoms with van der Waals surface area (Å²) >= 11 is 0. The van der Waals surface area contributed by atoms with Crippen molar-refractivity contribution >= 4 is 0 Å². The maximum atomic E-state index is 6.15. The minimum atomic E-state index is 0.136. The number of hydrogen-bond acceptors (Lipinski definition) is 2. The van der Waals surface area contributed by atoms with Crippen LogP contribution >= 0.6 is 0 Å². The molecule has 2 nitrogen and oxygen atoms in total. The van der Waals surface area contributed by atoms with Gasteiger partial charge in [-0.05, 0) is 30.0 Å². The standard InChI is InChI=1S/C17H22N2/c1-13(19)17(16-5-3-2-4-6-16)11-14-7-9-15(12-18)10-8-14/h2-10,13,17H,11-12,18-19H2,1H3. The average molecular weight is 254 g/mol. The third-order valence-electron chi connectivity index (χ3n) is 3.58. The molecule has 2 aromatic carbocycles. The second-order valence-corrected chi connectivity index (χ2v) is 5.10. The van der Waals surface area contributed by atoms with Gasteiger partial charge in [-0.3, -0.25) is 0 Å². The van der Waals surface area contributed by atoms with E-state index in [1.165, 1.54) is 16.7 Å². The van der Waals surface area contributed by atoms with Crippen molar-refractivity contribution in [1.82, 2.24) is 0 Å². The first-order valence-corrected chi connectivity index (χ1v) is 6.79. The number of hydrogen-bond donors (Lipinski definition) is 2. The van der Waals surface area contributed by atoms with Crippen LogP contribution in [0.1, 0.15) is 29.5 Å². The van der Waals surface area contributed by atoms with Gasteiger partial charge < -0.3 is 11.5 Å². The fourth-order valence-electron chi connectivity index (χ4n) is 2.37. The van der Waals surface area contributed by atoms with E-state index in [1.54, 1.807) is 0 Å². The van der Waals surface area contributed by atoms with Gasteiger partial charge in [0.1, 0.15) is 0 Å². The molecule has 0 amide bonds. The van der Waals surface area contributed by atoms with Crippen LogP contribution < -0.4 is 11.5 Å². The van der Waals surface area contributed by atoms with Gasteiger partial charge >= 0.3 is 0 Å². The maximum Gasteiger partial charge on any atom is 0.0178 e. The van der Waals surface area contributed by atoms with E-state index in [1.807, 2.05) is 6.07 Å². The lowest BCUT2D eigenvalue weighted by molar-refractivity contribution is 0.565. The van der Waals surface area contributed by atoms with Gasteiger partial charge in [-0.1, -0.05) is 54.6 Å². The smallest absolute Gasteiger partial charge is 0.0178 e. The summed E-state index contributed by atoms with van der Waals surface area (Å²) in [6.07, 6.45) is 0.965. The predicted octanol–water partition coefficient (Wildman–Crippen LogP) is 2.82. The van der Waals surface area contributed by atoms with Crippen molar-refractivity contribution in [1.29, 1.82) is 0 Å². The monoisotopic (exact) mass is 254 g/mol. The minimum absolute atomic E-state index is 0.136. The Balaban J connectivity index is 2.17. The third kappa shape index (κ3) is 3.66. The lowest BCUT2D eigenvalue weighted by Crippen LogP contribution is -2.26. The Morgan fingerprint density at radius 3 is 2.00 bits per heavy atom. The van der Waals surface area contributed by atoms with Gasteiger partial charge in [-0.15, -0.1) is 0 Å². The molecule has 100 valence electrons. The molecule has 0 aliphatic rings. The highest BCUT2D eigenvalue weighted by Crippen LogP contribution is 2.23. The van der Waals surface area contributed by atoms with Crippen LogP contribution in [0.5, 0.6) is 0 Å². The number of nitrogens with two attached hydrogens (primary N) is 2. The molecule has 0 radical (unpaired) electrons. The highest BCUT2D eigenvalue weighted by atomic mass is 14.6. The van der Waals surface area contributed by atoms with Gasteiger partial charge in [0.15, 0.2) is 0 Å². The van der Waals surface area contributed by atoms with Gasteiger partial charge in [-0.25, -0.2) is 0 Å². The summed E-state index contributed by atoms with van der Waals surface area (Å²) in [5.41, 5.74) is 15.6. The van der Waals surface area contributed by atoms with Crippen molar-refractivity contribution in [2.45, 2.75) is 31.8 Å². The molecular weight excluding hydrogens is 232 g/mol. The lowest BCUT2D eigenvalue weighted by Gasteiger charge is -2.21. The second kappa shape index (κ2) is 6.50. The summed E-state index contributed by atoms with van der Waals surface area (Å²) < 4.78 is 0. The molecule has 0 saturated carbocycles. The Morgan fingerprint density at radius 1 is 0.895 bits per heavy atom. The maximum absolute atomic E-state index is 6.15. The molecule has 0 heterocycles. The molecule has 0 aromatic heterocycles. The Hall–Kier alpha value is -1.64. The molecule has 19 heavy (non-hydrogen) atoms. The fourth-order valence-corrected chi connectivity index (χ4v) is 2.37. The zero-order valence-electron chi connectivity index (χ0n) is 11.4. The molecule has 0 aliphatic heterocycles. The summed E-state index contributed by atoms with van der Waals surface area (Å²) in [6.45, 7) is 2.67. The minimum Gasteiger partial charge on any atom is -0.327 e. The summed E-state index contributed by atoms with van der Waals surface area (Å²) in [5.74, 6) is 0.352. The van der Waals surface area contributed by atoms with Crippen LogP contribution in [0.25, 0.3) is 0 Å². The topological polar surface area (TPSA) is 52.0 Å². The average Bonchev–Trinajstić information content (AvgIpc) is 2.46. The summed E-state index contributed by atoms with van der Waals surface area (Å²) in [7, 11) is 0. The van der Waals surface area contributed by atoms with Crippen molar-refractivity contribution in [2.75, 3.05) is 0 Å². The van der Waals surface area contributed by atoms with Crippen molar-refractivity contribution in [3.8, 4) is 0 Å². The van der Waals surface area contributed by atoms with Gasteiger partial charge in [0.2, 0.25) is 0 Å². The number of rotatable bonds is 5. The van der Waals surface area contributed by atoms with Gasteiger partial charge in [0.05, 0.1) is 0 Å². The largest absolute Gasteiger partial charge is 0.327 e. The van der Waals surface area contributed by atoms with Gasteiger partial charge in [-0.2, -0.15) is 0 Å². The predicted molar refractivity (Wildman–Crippen MR) is 80.9 cm³/mol. The molecule has 4 N–H and O–H groups in total. The summed E-state index contributed by atoms with van der Waals surface area (Å²) in [5, 5.41) is 0. The van der Waals surface area contributed by atoms with E-state index in [0.717, 1.165) is 6.42 Å². The highest BCUT2D eigenvalue weighted by molar-refractivity contribution is 5.27. The van der Waals surface area contributed by atoms with E-state index in [0.29, 0.717) is 12.5 Å². The molecule has 2 atom stereocenters. The molecule has 2 aromatic rings. The zero-order chi connectivity index (χ0) is 13.7. The van der Waals surface area contributed by atoms with Crippen molar-refractivity contribution in [3.63, 3.8) is 0 Å². The molecular formula is C17H22N2. The van der Waals surface area contributed by atoms with E-state index < -0.39 is 0 Å². The van der Waals surface area contributed by atoms with Crippen LogP contribution in [0.4, 0.5) is 0 Å². The van der Waals surface area contributed by atoms with E-state index >= 15 is 0 Å². The Bertz CT molecular complexity index is 488. The molecule has 2 unspecified atom stereocenters. The van der Waals surface area contributed by atoms with Crippen molar-refractivity contribution in [3.05, 3.63) is 71.3 Å². The quantitative estimate of drug-likeness (QED) is 0.862. The molecule has 0 fully saturated rings. The molecule has 2 rings (SSSR count). The van der Waals surface area contributed by atoms with Gasteiger partial charge in [0, 0.05) is 18.5 Å². The first-order chi connectivity index (χ1) is 9.20. The van der Waals surface area contributed by atoms with Crippen LogP contribution in [0.15, 0.2) is 54.6 Å². The van der Waals surface area contributed by atoms with Crippen LogP contribution in [0.2, 0.25) is 0 Å². The Labute approximate surface area is 115 Å². The van der Waals surface area contributed by atoms with Crippen LogP contribution in [0, 0.1) is 0 Å². The van der Waals surface area contributed by atoms with Crippen molar-refractivity contribution in [2.24, 2.45) is 11.5 Å². The van der Waals surface area contributed by atoms with E-state index in [4.69, 9.17) is 11.5 Å². The van der Waals surface area contributed by atoms with E-state index in [2.05, 4.69) is 55.5 Å². The van der Waals surface area contributed by atoms with Crippen LogP contribution in [-0.4, -0.2) is 6.04 Å². The Kier molecular flexibility index (Phi) is 4.72. The molecule has 0 aliphatic carbocycles. The summed E-state index contributed by atoms with van der Waals surface area (Å²) in [6, 6.07) is 19.1. The molecule has 0 saturated heterocycles. The first-order valence-electron chi connectivity index (χ1n) is 6.79. The lowest BCUT2D eigenvalue weighted by atomic mass is 9.87. The summed E-state index contributed by atoms with van der Waals surface area (Å²) in [4.78, 5) is 0. The molecule has 2 heteroatoms. The van der Waals surface area contributed by atoms with Crippen LogP contribution in [-0.2, 0) is 13.0 Å². The van der Waals surface area contributed by atoms with E-state index in [-0.39, 0.29) is 6.04 Å². The molecule has 0 spiro atoms.